The molecule has 0 bridgehead atoms. The van der Waals surface area contributed by atoms with Crippen molar-refractivity contribution in [1.82, 2.24) is 20.5 Å². The molecule has 176 valence electrons. The molecule has 1 aliphatic heterocycles. The molecule has 1 aliphatic carbocycles. The number of pyridine rings is 1. The van der Waals surface area contributed by atoms with E-state index in [-0.39, 0.29) is 24.5 Å². The second kappa shape index (κ2) is 11.8. The average molecular weight is 446 g/mol. The second-order valence-electron chi connectivity index (χ2n) is 8.63. The molecule has 0 radical (unpaired) electrons. The van der Waals surface area contributed by atoms with Gasteiger partial charge in [-0.1, -0.05) is 19.8 Å². The van der Waals surface area contributed by atoms with Crippen LogP contribution in [-0.2, 0) is 9.53 Å². The summed E-state index contributed by atoms with van der Waals surface area (Å²) in [7, 11) is 0. The normalized spacial score (nSPS) is 22.0. The number of anilines is 1. The topological polar surface area (TPSA) is 104 Å². The Bertz CT molecular complexity index is 785. The Morgan fingerprint density at radius 3 is 2.62 bits per heavy atom. The summed E-state index contributed by atoms with van der Waals surface area (Å²) in [6, 6.07) is 3.30. The minimum atomic E-state index is -0.393. The van der Waals surface area contributed by atoms with E-state index in [0.717, 1.165) is 44.6 Å². The number of hydrogen-bond donors (Lipinski definition) is 2. The molecule has 3 rings (SSSR count). The number of amides is 3. The summed E-state index contributed by atoms with van der Waals surface area (Å²) in [6.45, 7) is 7.42. The quantitative estimate of drug-likeness (QED) is 0.647. The molecule has 1 aromatic rings. The van der Waals surface area contributed by atoms with Gasteiger partial charge in [0, 0.05) is 38.4 Å². The van der Waals surface area contributed by atoms with Gasteiger partial charge in [0.15, 0.2) is 0 Å². The maximum atomic E-state index is 12.4. The first-order chi connectivity index (χ1) is 15.5. The number of ether oxygens (including phenoxy) is 1. The minimum absolute atomic E-state index is 0.144. The van der Waals surface area contributed by atoms with E-state index in [0.29, 0.717) is 31.2 Å². The van der Waals surface area contributed by atoms with Gasteiger partial charge in [-0.25, -0.2) is 14.6 Å². The van der Waals surface area contributed by atoms with E-state index < -0.39 is 6.03 Å². The number of hydrogen-bond acceptors (Lipinski definition) is 7. The van der Waals surface area contributed by atoms with Gasteiger partial charge in [0.2, 0.25) is 5.91 Å². The third-order valence-corrected chi connectivity index (χ3v) is 6.22. The van der Waals surface area contributed by atoms with Crippen molar-refractivity contribution in [1.29, 1.82) is 0 Å². The first-order valence-electron chi connectivity index (χ1n) is 11.7. The molecule has 2 N–H and O–H groups in total. The van der Waals surface area contributed by atoms with Gasteiger partial charge in [0.05, 0.1) is 18.7 Å². The number of imide groups is 1. The first-order valence-corrected chi connectivity index (χ1v) is 11.7. The number of rotatable bonds is 6. The lowest BCUT2D eigenvalue weighted by molar-refractivity contribution is -0.121. The monoisotopic (exact) mass is 445 g/mol. The van der Waals surface area contributed by atoms with Crippen molar-refractivity contribution in [2.75, 3.05) is 44.2 Å². The molecule has 1 aromatic heterocycles. The largest absolute Gasteiger partial charge is 0.462 e. The van der Waals surface area contributed by atoms with Gasteiger partial charge >= 0.3 is 12.0 Å². The van der Waals surface area contributed by atoms with E-state index in [1.807, 2.05) is 6.07 Å². The fourth-order valence-corrected chi connectivity index (χ4v) is 4.37. The van der Waals surface area contributed by atoms with Crippen LogP contribution < -0.4 is 15.5 Å². The van der Waals surface area contributed by atoms with Crippen LogP contribution in [0.1, 0.15) is 56.3 Å². The molecule has 2 fully saturated rings. The molecule has 2 heterocycles. The zero-order chi connectivity index (χ0) is 22.9. The first kappa shape index (κ1) is 24.0. The number of esters is 1. The number of aromatic nitrogens is 1. The maximum Gasteiger partial charge on any atom is 0.339 e. The standard InChI is InChI=1S/C23H35N5O4/c1-3-32-22(30)18-9-10-20(24-15-18)28-12-6-11-27(13-14-28)16-21(29)26-23(31)25-19-8-5-4-7-17(19)2/h9-10,15,17,19H,3-8,11-14,16H2,1-2H3,(H2,25,26,29,31). The highest BCUT2D eigenvalue weighted by Crippen LogP contribution is 2.23. The van der Waals surface area contributed by atoms with Crippen molar-refractivity contribution in [2.24, 2.45) is 5.92 Å². The maximum absolute atomic E-state index is 12.4. The number of urea groups is 1. The van der Waals surface area contributed by atoms with E-state index in [1.165, 1.54) is 12.6 Å². The molecular formula is C23H35N5O4. The van der Waals surface area contributed by atoms with Crippen LogP contribution in [0.5, 0.6) is 0 Å². The molecule has 9 heteroatoms. The highest BCUT2D eigenvalue weighted by Gasteiger charge is 2.24. The Kier molecular flexibility index (Phi) is 8.84. The van der Waals surface area contributed by atoms with Crippen LogP contribution in [0.15, 0.2) is 18.3 Å². The van der Waals surface area contributed by atoms with E-state index in [1.54, 1.807) is 13.0 Å². The van der Waals surface area contributed by atoms with Crippen molar-refractivity contribution in [3.63, 3.8) is 0 Å². The van der Waals surface area contributed by atoms with Gasteiger partial charge in [-0.3, -0.25) is 15.0 Å². The summed E-state index contributed by atoms with van der Waals surface area (Å²) in [5.41, 5.74) is 0.435. The van der Waals surface area contributed by atoms with Gasteiger partial charge in [0.1, 0.15) is 5.82 Å². The van der Waals surface area contributed by atoms with E-state index in [9.17, 15) is 14.4 Å². The SMILES string of the molecule is CCOC(=O)c1ccc(N2CCCN(CC(=O)NC(=O)NC3CCCCC3C)CC2)nc1. The molecule has 1 saturated heterocycles. The summed E-state index contributed by atoms with van der Waals surface area (Å²) in [4.78, 5) is 45.0. The van der Waals surface area contributed by atoms with Crippen LogP contribution in [0.2, 0.25) is 0 Å². The highest BCUT2D eigenvalue weighted by molar-refractivity contribution is 5.95. The zero-order valence-electron chi connectivity index (χ0n) is 19.1. The van der Waals surface area contributed by atoms with Crippen LogP contribution in [0.25, 0.3) is 0 Å². The van der Waals surface area contributed by atoms with Gasteiger partial charge in [-0.05, 0) is 44.2 Å². The Balaban J connectivity index is 1.44. The molecule has 9 nitrogen and oxygen atoms in total. The predicted molar refractivity (Wildman–Crippen MR) is 122 cm³/mol. The lowest BCUT2D eigenvalue weighted by Gasteiger charge is -2.29. The van der Waals surface area contributed by atoms with Crippen LogP contribution in [0.4, 0.5) is 10.6 Å². The van der Waals surface area contributed by atoms with Gasteiger partial charge in [-0.15, -0.1) is 0 Å². The van der Waals surface area contributed by atoms with Gasteiger partial charge in [0.25, 0.3) is 0 Å². The van der Waals surface area contributed by atoms with Crippen molar-refractivity contribution in [3.05, 3.63) is 23.9 Å². The number of nitrogens with zero attached hydrogens (tertiary/aromatic N) is 3. The van der Waals surface area contributed by atoms with Gasteiger partial charge < -0.3 is 15.0 Å². The molecule has 32 heavy (non-hydrogen) atoms. The minimum Gasteiger partial charge on any atom is -0.462 e. The summed E-state index contributed by atoms with van der Waals surface area (Å²) in [5, 5.41) is 5.44. The Morgan fingerprint density at radius 1 is 1.09 bits per heavy atom. The molecule has 2 atom stereocenters. The average Bonchev–Trinajstić information content (AvgIpc) is 3.01. The van der Waals surface area contributed by atoms with Crippen LogP contribution in [0, 0.1) is 5.92 Å². The molecule has 0 aromatic carbocycles. The lowest BCUT2D eigenvalue weighted by atomic mass is 9.86. The molecule has 2 aliphatic rings. The third kappa shape index (κ3) is 6.91. The summed E-state index contributed by atoms with van der Waals surface area (Å²) in [5.74, 6) is 0.587. The van der Waals surface area contributed by atoms with Crippen molar-refractivity contribution >= 4 is 23.7 Å². The fraction of sp³-hybridized carbons (Fsp3) is 0.652. The molecular weight excluding hydrogens is 410 g/mol. The van der Waals surface area contributed by atoms with Crippen molar-refractivity contribution in [2.45, 2.75) is 52.0 Å². The molecule has 2 unspecified atom stereocenters. The number of nitrogens with one attached hydrogen (secondary N) is 2. The van der Waals surface area contributed by atoms with E-state index in [2.05, 4.69) is 32.3 Å². The van der Waals surface area contributed by atoms with Gasteiger partial charge in [-0.2, -0.15) is 0 Å². The van der Waals surface area contributed by atoms with E-state index >= 15 is 0 Å². The number of carbonyl (C=O) groups is 3. The summed E-state index contributed by atoms with van der Waals surface area (Å²) >= 11 is 0. The van der Waals surface area contributed by atoms with Crippen molar-refractivity contribution in [3.8, 4) is 0 Å². The predicted octanol–water partition coefficient (Wildman–Crippen LogP) is 2.17. The fourth-order valence-electron chi connectivity index (χ4n) is 4.37. The Labute approximate surface area is 189 Å². The smallest absolute Gasteiger partial charge is 0.339 e. The molecule has 1 saturated carbocycles. The third-order valence-electron chi connectivity index (χ3n) is 6.22. The van der Waals surface area contributed by atoms with Crippen LogP contribution in [-0.4, -0.2) is 73.2 Å². The van der Waals surface area contributed by atoms with Crippen LogP contribution >= 0.6 is 0 Å². The highest BCUT2D eigenvalue weighted by atomic mass is 16.5. The molecule has 0 spiro atoms. The lowest BCUT2D eigenvalue weighted by Crippen LogP contribution is -2.50. The number of carbonyl (C=O) groups excluding carboxylic acids is 3. The molecule has 3 amide bonds. The second-order valence-corrected chi connectivity index (χ2v) is 8.63. The Morgan fingerprint density at radius 2 is 1.91 bits per heavy atom. The van der Waals surface area contributed by atoms with Crippen molar-refractivity contribution < 1.29 is 19.1 Å². The van der Waals surface area contributed by atoms with E-state index in [4.69, 9.17) is 4.74 Å². The summed E-state index contributed by atoms with van der Waals surface area (Å²) < 4.78 is 4.99. The van der Waals surface area contributed by atoms with Crippen LogP contribution in [0.3, 0.4) is 0 Å². The zero-order valence-corrected chi connectivity index (χ0v) is 19.1. The summed E-state index contributed by atoms with van der Waals surface area (Å²) in [6.07, 6.45) is 6.82. The Hall–Kier alpha value is -2.68.